The first kappa shape index (κ1) is 13.1. The molecule has 1 heterocycles. The van der Waals surface area contributed by atoms with E-state index in [1.165, 1.54) is 18.2 Å². The Morgan fingerprint density at radius 1 is 1.25 bits per heavy atom. The van der Waals surface area contributed by atoms with E-state index >= 15 is 0 Å². The van der Waals surface area contributed by atoms with Crippen LogP contribution in [0.1, 0.15) is 29.6 Å². The highest BCUT2D eigenvalue weighted by molar-refractivity contribution is 5.94. The van der Waals surface area contributed by atoms with Gasteiger partial charge in [0.15, 0.2) is 0 Å². The summed E-state index contributed by atoms with van der Waals surface area (Å²) in [4.78, 5) is 25.7. The summed E-state index contributed by atoms with van der Waals surface area (Å²) in [5.74, 6) is -0.273. The molecule has 0 spiro atoms. The maximum absolute atomic E-state index is 13.1. The first-order valence-electron chi connectivity index (χ1n) is 6.99. The minimum Gasteiger partial charge on any atom is -0.347 e. The smallest absolute Gasteiger partial charge is 0.251 e. The van der Waals surface area contributed by atoms with Gasteiger partial charge < -0.3 is 10.2 Å². The normalized spacial score (nSPS) is 21.9. The molecule has 1 aliphatic heterocycles. The lowest BCUT2D eigenvalue weighted by atomic mass is 10.2. The zero-order valence-corrected chi connectivity index (χ0v) is 11.1. The Morgan fingerprint density at radius 3 is 2.75 bits per heavy atom. The van der Waals surface area contributed by atoms with Crippen LogP contribution >= 0.6 is 0 Å². The highest BCUT2D eigenvalue weighted by Crippen LogP contribution is 2.32. The number of halogens is 1. The van der Waals surface area contributed by atoms with Crippen LogP contribution in [0, 0.1) is 11.7 Å². The van der Waals surface area contributed by atoms with Crippen LogP contribution in [0.5, 0.6) is 0 Å². The molecule has 106 valence electrons. The zero-order chi connectivity index (χ0) is 14.1. The Balaban J connectivity index is 1.56. The minimum absolute atomic E-state index is 0.0338. The fraction of sp³-hybridized carbons (Fsp3) is 0.467. The van der Waals surface area contributed by atoms with Crippen molar-refractivity contribution in [1.82, 2.24) is 10.2 Å². The minimum atomic E-state index is -0.422. The fourth-order valence-electron chi connectivity index (χ4n) is 2.57. The van der Waals surface area contributed by atoms with Gasteiger partial charge in [-0.3, -0.25) is 9.59 Å². The summed E-state index contributed by atoms with van der Waals surface area (Å²) >= 11 is 0. The van der Waals surface area contributed by atoms with Crippen molar-refractivity contribution in [3.05, 3.63) is 35.6 Å². The van der Waals surface area contributed by atoms with E-state index in [9.17, 15) is 14.0 Å². The molecule has 2 aliphatic rings. The second-order valence-corrected chi connectivity index (χ2v) is 5.53. The summed E-state index contributed by atoms with van der Waals surface area (Å²) in [7, 11) is 0. The number of nitrogens with zero attached hydrogens (tertiary/aromatic N) is 1. The molecule has 1 unspecified atom stereocenters. The van der Waals surface area contributed by atoms with Crippen molar-refractivity contribution < 1.29 is 14.0 Å². The van der Waals surface area contributed by atoms with E-state index in [2.05, 4.69) is 5.32 Å². The first-order valence-corrected chi connectivity index (χ1v) is 6.99. The summed E-state index contributed by atoms with van der Waals surface area (Å²) < 4.78 is 13.1. The number of carbonyl (C=O) groups excluding carboxylic acids is 2. The van der Waals surface area contributed by atoms with Crippen molar-refractivity contribution in [1.29, 1.82) is 0 Å². The third-order valence-electron chi connectivity index (χ3n) is 3.85. The number of hydrogen-bond donors (Lipinski definition) is 1. The topological polar surface area (TPSA) is 49.4 Å². The number of amides is 2. The van der Waals surface area contributed by atoms with Crippen LogP contribution in [-0.2, 0) is 4.79 Å². The van der Waals surface area contributed by atoms with Crippen LogP contribution in [-0.4, -0.2) is 35.8 Å². The Bertz CT molecular complexity index is 542. The molecule has 1 N–H and O–H groups in total. The summed E-state index contributed by atoms with van der Waals surface area (Å²) in [5.41, 5.74) is 0.317. The van der Waals surface area contributed by atoms with Gasteiger partial charge >= 0.3 is 0 Å². The van der Waals surface area contributed by atoms with Crippen LogP contribution < -0.4 is 5.32 Å². The molecule has 1 saturated carbocycles. The zero-order valence-electron chi connectivity index (χ0n) is 11.1. The maximum Gasteiger partial charge on any atom is 0.251 e. The third-order valence-corrected chi connectivity index (χ3v) is 3.85. The molecular weight excluding hydrogens is 259 g/mol. The molecule has 5 heteroatoms. The molecule has 3 rings (SSSR count). The maximum atomic E-state index is 13.1. The Kier molecular flexibility index (Phi) is 3.42. The van der Waals surface area contributed by atoms with Gasteiger partial charge in [-0.25, -0.2) is 4.39 Å². The predicted octanol–water partition coefficient (Wildman–Crippen LogP) is 1.57. The molecule has 4 nitrogen and oxygen atoms in total. The lowest BCUT2D eigenvalue weighted by molar-refractivity contribution is -0.131. The van der Waals surface area contributed by atoms with Crippen molar-refractivity contribution in [3.8, 4) is 0 Å². The molecule has 0 radical (unpaired) electrons. The molecular formula is C15H17FN2O2. The highest BCUT2D eigenvalue weighted by Gasteiger charge is 2.36. The van der Waals surface area contributed by atoms with E-state index in [1.54, 1.807) is 6.07 Å². The second kappa shape index (κ2) is 5.23. The number of benzene rings is 1. The standard InChI is InChI=1S/C15H17FN2O2/c16-12-3-1-2-11(8-12)14(19)17-13-6-7-18(9-13)15(20)10-4-5-10/h1-3,8,10,13H,4-7,9H2,(H,17,19). The van der Waals surface area contributed by atoms with E-state index < -0.39 is 5.82 Å². The Hall–Kier alpha value is -1.91. The van der Waals surface area contributed by atoms with Gasteiger partial charge in [-0.2, -0.15) is 0 Å². The van der Waals surface area contributed by atoms with Crippen LogP contribution in [0.2, 0.25) is 0 Å². The van der Waals surface area contributed by atoms with Crippen molar-refractivity contribution in [2.75, 3.05) is 13.1 Å². The van der Waals surface area contributed by atoms with Crippen LogP contribution in [0.25, 0.3) is 0 Å². The first-order chi connectivity index (χ1) is 9.63. The van der Waals surface area contributed by atoms with Crippen molar-refractivity contribution >= 4 is 11.8 Å². The second-order valence-electron chi connectivity index (χ2n) is 5.53. The van der Waals surface area contributed by atoms with Gasteiger partial charge in [0.25, 0.3) is 5.91 Å². The Morgan fingerprint density at radius 2 is 2.05 bits per heavy atom. The lowest BCUT2D eigenvalue weighted by Gasteiger charge is -2.17. The summed E-state index contributed by atoms with van der Waals surface area (Å²) in [5, 5.41) is 2.87. The fourth-order valence-corrected chi connectivity index (χ4v) is 2.57. The monoisotopic (exact) mass is 276 g/mol. The van der Waals surface area contributed by atoms with Crippen molar-refractivity contribution in [2.45, 2.75) is 25.3 Å². The van der Waals surface area contributed by atoms with E-state index in [-0.39, 0.29) is 23.8 Å². The summed E-state index contributed by atoms with van der Waals surface area (Å²) in [6.45, 7) is 1.26. The molecule has 1 atom stereocenters. The van der Waals surface area contributed by atoms with E-state index in [4.69, 9.17) is 0 Å². The van der Waals surface area contributed by atoms with E-state index in [0.717, 1.165) is 19.3 Å². The van der Waals surface area contributed by atoms with E-state index in [0.29, 0.717) is 18.7 Å². The van der Waals surface area contributed by atoms with E-state index in [1.807, 2.05) is 4.90 Å². The number of carbonyl (C=O) groups is 2. The molecule has 0 bridgehead atoms. The molecule has 1 aromatic carbocycles. The molecule has 20 heavy (non-hydrogen) atoms. The number of likely N-dealkylation sites (tertiary alicyclic amines) is 1. The van der Waals surface area contributed by atoms with Gasteiger partial charge in [-0.05, 0) is 37.5 Å². The summed E-state index contributed by atoms with van der Waals surface area (Å²) in [6.07, 6.45) is 2.75. The van der Waals surface area contributed by atoms with Gasteiger partial charge in [0.2, 0.25) is 5.91 Å². The van der Waals surface area contributed by atoms with Crippen molar-refractivity contribution in [2.24, 2.45) is 5.92 Å². The number of hydrogen-bond acceptors (Lipinski definition) is 2. The van der Waals surface area contributed by atoms with Crippen LogP contribution in [0.4, 0.5) is 4.39 Å². The predicted molar refractivity (Wildman–Crippen MR) is 71.6 cm³/mol. The van der Waals surface area contributed by atoms with Crippen molar-refractivity contribution in [3.63, 3.8) is 0 Å². The lowest BCUT2D eigenvalue weighted by Crippen LogP contribution is -2.38. The van der Waals surface area contributed by atoms with Crippen LogP contribution in [0.15, 0.2) is 24.3 Å². The molecule has 0 aromatic heterocycles. The molecule has 1 saturated heterocycles. The van der Waals surface area contributed by atoms with Gasteiger partial charge in [-0.15, -0.1) is 0 Å². The number of rotatable bonds is 3. The average molecular weight is 276 g/mol. The average Bonchev–Trinajstić information content (AvgIpc) is 3.18. The molecule has 1 aliphatic carbocycles. The largest absolute Gasteiger partial charge is 0.347 e. The van der Waals surface area contributed by atoms with Gasteiger partial charge in [0.05, 0.1) is 0 Å². The summed E-state index contributed by atoms with van der Waals surface area (Å²) in [6, 6.07) is 5.59. The van der Waals surface area contributed by atoms with Gasteiger partial charge in [0.1, 0.15) is 5.82 Å². The van der Waals surface area contributed by atoms with Crippen LogP contribution in [0.3, 0.4) is 0 Å². The number of nitrogens with one attached hydrogen (secondary N) is 1. The SMILES string of the molecule is O=C(NC1CCN(C(=O)C2CC2)C1)c1cccc(F)c1. The highest BCUT2D eigenvalue weighted by atomic mass is 19.1. The molecule has 2 fully saturated rings. The third kappa shape index (κ3) is 2.81. The molecule has 2 amide bonds. The van der Waals surface area contributed by atoms with Gasteiger partial charge in [-0.1, -0.05) is 6.07 Å². The van der Waals surface area contributed by atoms with Gasteiger partial charge in [0, 0.05) is 30.6 Å². The Labute approximate surface area is 117 Å². The molecule has 1 aromatic rings. The quantitative estimate of drug-likeness (QED) is 0.911.